The quantitative estimate of drug-likeness (QED) is 0.236. The second kappa shape index (κ2) is 8.16. The van der Waals surface area contributed by atoms with Gasteiger partial charge in [0.1, 0.15) is 6.61 Å². The molecule has 154 valence electrons. The van der Waals surface area contributed by atoms with E-state index in [2.05, 4.69) is 6.58 Å². The smallest absolute Gasteiger partial charge is 0.333 e. The summed E-state index contributed by atoms with van der Waals surface area (Å²) in [6, 6.07) is 0. The Morgan fingerprint density at radius 2 is 1.74 bits per heavy atom. The maximum Gasteiger partial charge on any atom is 0.333 e. The van der Waals surface area contributed by atoms with Crippen molar-refractivity contribution < 1.29 is 27.8 Å². The lowest BCUT2D eigenvalue weighted by atomic mass is 9.43. The van der Waals surface area contributed by atoms with Crippen molar-refractivity contribution >= 4 is 5.97 Å². The lowest BCUT2D eigenvalue weighted by Crippen LogP contribution is -2.54. The number of alkyl halides is 2. The molecule has 0 saturated heterocycles. The number of hydrogen-bond donors (Lipinski definition) is 0. The molecule has 0 N–H and O–H groups in total. The summed E-state index contributed by atoms with van der Waals surface area (Å²) in [5.41, 5.74) is 0.213. The fourth-order valence-electron chi connectivity index (χ4n) is 6.20. The van der Waals surface area contributed by atoms with Gasteiger partial charge in [-0.2, -0.15) is 0 Å². The van der Waals surface area contributed by atoms with Crippen LogP contribution in [-0.2, 0) is 19.0 Å². The zero-order chi connectivity index (χ0) is 19.7. The van der Waals surface area contributed by atoms with Crippen molar-refractivity contribution in [3.8, 4) is 0 Å². The van der Waals surface area contributed by atoms with Gasteiger partial charge in [0.2, 0.25) is 6.43 Å². The summed E-state index contributed by atoms with van der Waals surface area (Å²) in [6.45, 7) is 7.94. The van der Waals surface area contributed by atoms with E-state index in [9.17, 15) is 13.6 Å². The molecule has 0 heterocycles. The van der Waals surface area contributed by atoms with E-state index < -0.39 is 18.7 Å². The zero-order valence-electron chi connectivity index (χ0n) is 16.5. The number of esters is 1. The third kappa shape index (κ3) is 5.08. The Bertz CT molecular complexity index is 543. The molecule has 6 heteroatoms. The number of carbonyl (C=O) groups is 1. The van der Waals surface area contributed by atoms with Crippen molar-refractivity contribution in [2.45, 2.75) is 71.5 Å². The van der Waals surface area contributed by atoms with Crippen LogP contribution in [0, 0.1) is 22.7 Å². The first-order chi connectivity index (χ1) is 12.7. The summed E-state index contributed by atoms with van der Waals surface area (Å²) in [7, 11) is 0. The first kappa shape index (κ1) is 20.7. The Morgan fingerprint density at radius 3 is 2.33 bits per heavy atom. The summed E-state index contributed by atoms with van der Waals surface area (Å²) in [5, 5.41) is 0. The van der Waals surface area contributed by atoms with E-state index in [0.717, 1.165) is 32.1 Å². The van der Waals surface area contributed by atoms with Crippen molar-refractivity contribution in [3.05, 3.63) is 12.2 Å². The van der Waals surface area contributed by atoms with Crippen LogP contribution in [-0.4, -0.2) is 38.5 Å². The predicted molar refractivity (Wildman–Crippen MR) is 97.3 cm³/mol. The van der Waals surface area contributed by atoms with Crippen LogP contribution in [0.3, 0.4) is 0 Å². The van der Waals surface area contributed by atoms with Crippen LogP contribution in [0.25, 0.3) is 0 Å². The van der Waals surface area contributed by atoms with Gasteiger partial charge in [-0.25, -0.2) is 13.6 Å². The van der Waals surface area contributed by atoms with Gasteiger partial charge in [0.05, 0.1) is 13.2 Å². The van der Waals surface area contributed by atoms with Gasteiger partial charge in [-0.15, -0.1) is 0 Å². The van der Waals surface area contributed by atoms with Gasteiger partial charge in [-0.3, -0.25) is 0 Å². The molecular weight excluding hydrogens is 354 g/mol. The maximum atomic E-state index is 13.2. The van der Waals surface area contributed by atoms with Crippen LogP contribution < -0.4 is 0 Å². The third-order valence-corrected chi connectivity index (χ3v) is 6.53. The molecular formula is C21H32F2O4. The highest BCUT2D eigenvalue weighted by Gasteiger charge is 2.58. The summed E-state index contributed by atoms with van der Waals surface area (Å²) < 4.78 is 42.9. The van der Waals surface area contributed by atoms with Gasteiger partial charge in [-0.05, 0) is 75.0 Å². The standard InChI is InChI=1S/C21H32F2O4/c1-14(2)19(24)26-5-4-25-15(3)27-13-21-9-16-6-17(10-21)8-20(7-16,12-21)11-18(22)23/h15-18H,1,4-13H2,2-3H3. The maximum absolute atomic E-state index is 13.2. The highest BCUT2D eigenvalue weighted by atomic mass is 19.3. The molecule has 4 bridgehead atoms. The van der Waals surface area contributed by atoms with Gasteiger partial charge >= 0.3 is 5.97 Å². The Morgan fingerprint density at radius 1 is 1.11 bits per heavy atom. The minimum atomic E-state index is -2.22. The Labute approximate surface area is 160 Å². The molecule has 3 unspecified atom stereocenters. The average molecular weight is 386 g/mol. The number of rotatable bonds is 10. The molecule has 0 amide bonds. The van der Waals surface area contributed by atoms with Gasteiger partial charge < -0.3 is 14.2 Å². The first-order valence-electron chi connectivity index (χ1n) is 10.0. The van der Waals surface area contributed by atoms with Crippen molar-refractivity contribution in [2.75, 3.05) is 19.8 Å². The summed E-state index contributed by atoms with van der Waals surface area (Å²) in [6.07, 6.45) is 3.60. The molecule has 0 radical (unpaired) electrons. The zero-order valence-corrected chi connectivity index (χ0v) is 16.5. The van der Waals surface area contributed by atoms with Crippen molar-refractivity contribution in [2.24, 2.45) is 22.7 Å². The van der Waals surface area contributed by atoms with Crippen molar-refractivity contribution in [1.29, 1.82) is 0 Å². The molecule has 0 aromatic heterocycles. The van der Waals surface area contributed by atoms with E-state index in [1.807, 2.05) is 6.92 Å². The SMILES string of the molecule is C=C(C)C(=O)OCCOC(C)OCC12CC3CC(C1)CC(CC(F)F)(C3)C2. The monoisotopic (exact) mass is 386 g/mol. The van der Waals surface area contributed by atoms with Gasteiger partial charge in [0.15, 0.2) is 6.29 Å². The molecule has 4 rings (SSSR count). The van der Waals surface area contributed by atoms with Crippen LogP contribution >= 0.6 is 0 Å². The summed E-state index contributed by atoms with van der Waals surface area (Å²) >= 11 is 0. The summed E-state index contributed by atoms with van der Waals surface area (Å²) in [5.74, 6) is 0.725. The van der Waals surface area contributed by atoms with E-state index in [-0.39, 0.29) is 30.5 Å². The topological polar surface area (TPSA) is 44.8 Å². The van der Waals surface area contributed by atoms with Crippen LogP contribution in [0.15, 0.2) is 12.2 Å². The number of halogens is 2. The second-order valence-corrected chi connectivity index (χ2v) is 9.22. The van der Waals surface area contributed by atoms with Gasteiger partial charge in [0.25, 0.3) is 0 Å². The molecule has 4 aliphatic carbocycles. The molecule has 0 aromatic rings. The molecule has 0 spiro atoms. The average Bonchev–Trinajstić information content (AvgIpc) is 2.54. The molecule has 4 nitrogen and oxygen atoms in total. The van der Waals surface area contributed by atoms with Crippen molar-refractivity contribution in [3.63, 3.8) is 0 Å². The summed E-state index contributed by atoms with van der Waals surface area (Å²) in [4.78, 5) is 11.3. The van der Waals surface area contributed by atoms with E-state index in [0.29, 0.717) is 24.0 Å². The largest absolute Gasteiger partial charge is 0.460 e. The Kier molecular flexibility index (Phi) is 6.26. The lowest BCUT2D eigenvalue weighted by Gasteiger charge is -2.62. The Hall–Kier alpha value is -1.01. The molecule has 3 atom stereocenters. The molecule has 0 aromatic carbocycles. The fourth-order valence-corrected chi connectivity index (χ4v) is 6.20. The van der Waals surface area contributed by atoms with Gasteiger partial charge in [-0.1, -0.05) is 6.58 Å². The predicted octanol–water partition coefficient (Wildman–Crippen LogP) is 4.73. The minimum absolute atomic E-state index is 0.0308. The van der Waals surface area contributed by atoms with E-state index >= 15 is 0 Å². The van der Waals surface area contributed by atoms with E-state index in [1.165, 1.54) is 6.42 Å². The fraction of sp³-hybridized carbons (Fsp3) is 0.857. The Balaban J connectivity index is 1.46. The minimum Gasteiger partial charge on any atom is -0.460 e. The van der Waals surface area contributed by atoms with Crippen LogP contribution in [0.2, 0.25) is 0 Å². The highest BCUT2D eigenvalue weighted by Crippen LogP contribution is 2.66. The first-order valence-corrected chi connectivity index (χ1v) is 10.0. The third-order valence-electron chi connectivity index (χ3n) is 6.53. The molecule has 27 heavy (non-hydrogen) atoms. The number of ether oxygens (including phenoxy) is 3. The van der Waals surface area contributed by atoms with Crippen LogP contribution in [0.4, 0.5) is 8.78 Å². The number of carbonyl (C=O) groups excluding carboxylic acids is 1. The van der Waals surface area contributed by atoms with Crippen LogP contribution in [0.5, 0.6) is 0 Å². The highest BCUT2D eigenvalue weighted by molar-refractivity contribution is 5.86. The molecule has 0 aliphatic heterocycles. The molecule has 4 fully saturated rings. The van der Waals surface area contributed by atoms with E-state index in [4.69, 9.17) is 14.2 Å². The molecule has 4 saturated carbocycles. The van der Waals surface area contributed by atoms with E-state index in [1.54, 1.807) is 6.92 Å². The lowest BCUT2D eigenvalue weighted by molar-refractivity contribution is -0.200. The normalized spacial score (nSPS) is 35.4. The van der Waals surface area contributed by atoms with Gasteiger partial charge in [0, 0.05) is 12.0 Å². The second-order valence-electron chi connectivity index (χ2n) is 9.22. The molecule has 4 aliphatic rings. The van der Waals surface area contributed by atoms with Crippen molar-refractivity contribution in [1.82, 2.24) is 0 Å². The number of hydrogen-bond acceptors (Lipinski definition) is 4. The van der Waals surface area contributed by atoms with Crippen LogP contribution in [0.1, 0.15) is 58.8 Å².